The lowest BCUT2D eigenvalue weighted by Crippen LogP contribution is -2.70. The van der Waals surface area contributed by atoms with Crippen LogP contribution in [0, 0.1) is 11.3 Å². The molecule has 3 atom stereocenters. The van der Waals surface area contributed by atoms with E-state index in [0.717, 1.165) is 16.2 Å². The maximum absolute atomic E-state index is 12.9. The van der Waals surface area contributed by atoms with E-state index in [1.165, 1.54) is 35.0 Å². The molecule has 2 aliphatic heterocycles. The molecule has 0 aliphatic carbocycles. The summed E-state index contributed by atoms with van der Waals surface area (Å²) in [6.07, 6.45) is 0.767. The molecule has 1 unspecified atom stereocenters. The molecule has 3 heterocycles. The summed E-state index contributed by atoms with van der Waals surface area (Å²) in [6, 6.07) is 1.02. The van der Waals surface area contributed by atoms with Crippen molar-refractivity contribution in [1.29, 1.82) is 5.26 Å². The number of nitrogens with one attached hydrogen (secondary N) is 1. The van der Waals surface area contributed by atoms with Gasteiger partial charge >= 0.3 is 12.1 Å². The molecule has 0 spiro atoms. The molecular weight excluding hydrogens is 494 g/mol. The molecule has 2 aliphatic rings. The number of β-lactam (4-membered cyclic amide) rings is 1. The molecule has 15 heteroatoms. The Kier molecular flexibility index (Phi) is 7.51. The summed E-state index contributed by atoms with van der Waals surface area (Å²) in [5, 5.41) is 30.3. The Hall–Kier alpha value is -3.22. The van der Waals surface area contributed by atoms with Crippen LogP contribution in [0.25, 0.3) is 5.57 Å². The summed E-state index contributed by atoms with van der Waals surface area (Å²) in [4.78, 5) is 53.0. The van der Waals surface area contributed by atoms with Crippen LogP contribution in [0.4, 0.5) is 9.93 Å². The first kappa shape index (κ1) is 24.4. The average molecular weight is 512 g/mol. The number of nitriles is 1. The van der Waals surface area contributed by atoms with Gasteiger partial charge in [0.15, 0.2) is 5.13 Å². The lowest BCUT2D eigenvalue weighted by molar-refractivity contribution is -0.148. The van der Waals surface area contributed by atoms with E-state index in [9.17, 15) is 24.4 Å². The van der Waals surface area contributed by atoms with Crippen LogP contribution in [0.3, 0.4) is 0 Å². The van der Waals surface area contributed by atoms with Crippen LogP contribution in [0.15, 0.2) is 22.9 Å². The van der Waals surface area contributed by atoms with Gasteiger partial charge in [0.25, 0.3) is 11.8 Å². The number of thiazole rings is 1. The minimum atomic E-state index is -1.63. The Labute approximate surface area is 199 Å². The number of hydrogen-bond donors (Lipinski definition) is 4. The number of aromatic nitrogens is 1. The third-order valence-electron chi connectivity index (χ3n) is 4.61. The van der Waals surface area contributed by atoms with Crippen molar-refractivity contribution in [3.05, 3.63) is 28.6 Å². The SMILES string of the molecule is CSC(C#N)C1=C(OC(=O)O)N2C(=O)[C@@H](NC(=O)C(=CCC(=O)O)c3csc(N)n3)[C@@H]2SC1. The molecule has 5 N–H and O–H groups in total. The van der Waals surface area contributed by atoms with Gasteiger partial charge in [-0.05, 0) is 6.26 Å². The Morgan fingerprint density at radius 3 is 2.79 bits per heavy atom. The van der Waals surface area contributed by atoms with Crippen molar-refractivity contribution < 1.29 is 34.1 Å². The number of nitrogens with zero attached hydrogens (tertiary/aromatic N) is 3. The lowest BCUT2D eigenvalue weighted by atomic mass is 10.0. The Bertz CT molecular complexity index is 1110. The molecule has 1 fully saturated rings. The Morgan fingerprint density at radius 2 is 2.24 bits per heavy atom. The van der Waals surface area contributed by atoms with E-state index in [-0.39, 0.29) is 28.0 Å². The molecule has 1 aromatic rings. The zero-order valence-corrected chi connectivity index (χ0v) is 19.3. The smallest absolute Gasteiger partial charge is 0.481 e. The summed E-state index contributed by atoms with van der Waals surface area (Å²) in [5.41, 5.74) is 6.08. The lowest BCUT2D eigenvalue weighted by Gasteiger charge is -2.49. The van der Waals surface area contributed by atoms with Crippen LogP contribution < -0.4 is 11.1 Å². The number of nitrogens with two attached hydrogens (primary N) is 1. The van der Waals surface area contributed by atoms with Crippen molar-refractivity contribution in [3.8, 4) is 6.07 Å². The number of carboxylic acid groups (broad SMARTS) is 2. The number of aliphatic carboxylic acids is 1. The first-order valence-electron chi connectivity index (χ1n) is 9.13. The number of anilines is 1. The van der Waals surface area contributed by atoms with Gasteiger partial charge < -0.3 is 26.0 Å². The van der Waals surface area contributed by atoms with E-state index in [0.29, 0.717) is 5.57 Å². The molecule has 12 nitrogen and oxygen atoms in total. The number of carbonyl (C=O) groups is 4. The fourth-order valence-corrected chi connectivity index (χ4v) is 5.78. The van der Waals surface area contributed by atoms with Gasteiger partial charge in [0.2, 0.25) is 5.88 Å². The van der Waals surface area contributed by atoms with Gasteiger partial charge in [-0.1, -0.05) is 6.08 Å². The number of carboxylic acids is 1. The second-order valence-corrected chi connectivity index (χ2v) is 9.53. The highest BCUT2D eigenvalue weighted by molar-refractivity contribution is 8.01. The second-order valence-electron chi connectivity index (χ2n) is 6.59. The summed E-state index contributed by atoms with van der Waals surface area (Å²) in [6.45, 7) is 0. The van der Waals surface area contributed by atoms with Crippen LogP contribution in [0.5, 0.6) is 0 Å². The maximum atomic E-state index is 12.9. The van der Waals surface area contributed by atoms with Crippen LogP contribution in [-0.4, -0.2) is 72.7 Å². The van der Waals surface area contributed by atoms with Crippen molar-refractivity contribution in [3.63, 3.8) is 0 Å². The molecule has 0 bridgehead atoms. The molecule has 174 valence electrons. The number of amides is 2. The highest BCUT2D eigenvalue weighted by atomic mass is 32.2. The van der Waals surface area contributed by atoms with Gasteiger partial charge in [0, 0.05) is 16.7 Å². The normalized spacial score (nSPS) is 20.9. The number of carbonyl (C=O) groups excluding carboxylic acids is 2. The summed E-state index contributed by atoms with van der Waals surface area (Å²) in [5.74, 6) is -2.52. The number of hydrogen-bond acceptors (Lipinski definition) is 11. The quantitative estimate of drug-likeness (QED) is 0.221. The van der Waals surface area contributed by atoms with E-state index in [1.54, 1.807) is 6.26 Å². The van der Waals surface area contributed by atoms with E-state index < -0.39 is 47.0 Å². The fourth-order valence-electron chi connectivity index (χ4n) is 3.17. The first-order valence-corrected chi connectivity index (χ1v) is 12.3. The topological polar surface area (TPSA) is 196 Å². The van der Waals surface area contributed by atoms with Crippen LogP contribution >= 0.6 is 34.9 Å². The maximum Gasteiger partial charge on any atom is 0.512 e. The Morgan fingerprint density at radius 1 is 1.52 bits per heavy atom. The van der Waals surface area contributed by atoms with Gasteiger partial charge in [-0.2, -0.15) is 5.26 Å². The van der Waals surface area contributed by atoms with E-state index in [2.05, 4.69) is 10.3 Å². The summed E-state index contributed by atoms with van der Waals surface area (Å²) < 4.78 is 4.84. The third kappa shape index (κ3) is 5.07. The molecule has 33 heavy (non-hydrogen) atoms. The van der Waals surface area contributed by atoms with Crippen molar-refractivity contribution in [2.75, 3.05) is 17.7 Å². The van der Waals surface area contributed by atoms with Crippen molar-refractivity contribution in [2.45, 2.75) is 23.1 Å². The molecule has 3 rings (SSSR count). The number of thioether (sulfide) groups is 2. The minimum Gasteiger partial charge on any atom is -0.481 e. The highest BCUT2D eigenvalue weighted by Gasteiger charge is 2.55. The summed E-state index contributed by atoms with van der Waals surface area (Å²) >= 11 is 3.48. The van der Waals surface area contributed by atoms with E-state index >= 15 is 0 Å². The van der Waals surface area contributed by atoms with Gasteiger partial charge in [-0.3, -0.25) is 19.3 Å². The molecule has 1 aromatic heterocycles. The van der Waals surface area contributed by atoms with Crippen LogP contribution in [0.1, 0.15) is 12.1 Å². The predicted molar refractivity (Wildman–Crippen MR) is 121 cm³/mol. The monoisotopic (exact) mass is 511 g/mol. The van der Waals surface area contributed by atoms with Gasteiger partial charge in [0.1, 0.15) is 16.7 Å². The van der Waals surface area contributed by atoms with Crippen LogP contribution in [0.2, 0.25) is 0 Å². The first-order chi connectivity index (χ1) is 15.7. The molecule has 0 saturated carbocycles. The van der Waals surface area contributed by atoms with Gasteiger partial charge in [-0.15, -0.1) is 34.9 Å². The van der Waals surface area contributed by atoms with Crippen molar-refractivity contribution in [2.24, 2.45) is 0 Å². The van der Waals surface area contributed by atoms with Gasteiger partial charge in [-0.25, -0.2) is 9.78 Å². The fraction of sp³-hybridized carbons (Fsp3) is 0.333. The largest absolute Gasteiger partial charge is 0.512 e. The minimum absolute atomic E-state index is 0.0532. The zero-order chi connectivity index (χ0) is 24.3. The number of ether oxygens (including phenoxy) is 1. The zero-order valence-electron chi connectivity index (χ0n) is 16.9. The van der Waals surface area contributed by atoms with Crippen molar-refractivity contribution in [1.82, 2.24) is 15.2 Å². The molecule has 2 amide bonds. The predicted octanol–water partition coefficient (Wildman–Crippen LogP) is 1.14. The summed E-state index contributed by atoms with van der Waals surface area (Å²) in [7, 11) is 0. The third-order valence-corrected chi connectivity index (χ3v) is 7.45. The highest BCUT2D eigenvalue weighted by Crippen LogP contribution is 2.43. The molecule has 0 radical (unpaired) electrons. The number of rotatable bonds is 8. The standard InChI is InChI=1S/C18H17N5O7S3/c1-31-10(4-19)8-5-32-16-12(14(27)23(16)15(8)30-18(28)29)22-13(26)7(2-3-11(24)25)9-6-33-17(20)21-9/h2,6,10,12,16H,3,5H2,1H3,(H2,20,21)(H,22,26)(H,24,25)(H,28,29)/t10?,12-,16+/m1/s1. The van der Waals surface area contributed by atoms with Gasteiger partial charge in [0.05, 0.1) is 23.8 Å². The Balaban J connectivity index is 1.84. The number of nitrogen functional groups attached to an aromatic ring is 1. The van der Waals surface area contributed by atoms with E-state index in [1.807, 2.05) is 6.07 Å². The molecular formula is C18H17N5O7S3. The molecule has 0 aromatic carbocycles. The van der Waals surface area contributed by atoms with Crippen molar-refractivity contribution >= 4 is 69.5 Å². The molecule has 1 saturated heterocycles. The van der Waals surface area contributed by atoms with E-state index in [4.69, 9.17) is 20.7 Å². The number of fused-ring (bicyclic) bond motifs is 1. The average Bonchev–Trinajstić information content (AvgIpc) is 3.18. The van der Waals surface area contributed by atoms with Crippen LogP contribution in [-0.2, 0) is 19.1 Å². The second kappa shape index (κ2) is 10.1.